The summed E-state index contributed by atoms with van der Waals surface area (Å²) >= 11 is 6.54. The lowest BCUT2D eigenvalue weighted by atomic mass is 9.73. The van der Waals surface area contributed by atoms with E-state index >= 15 is 0 Å². The average Bonchev–Trinajstić information content (AvgIpc) is 2.72. The Hall–Kier alpha value is -2.71. The molecule has 0 bridgehead atoms. The summed E-state index contributed by atoms with van der Waals surface area (Å²) in [7, 11) is 0. The maximum atomic E-state index is 12.9. The Labute approximate surface area is 181 Å². The predicted octanol–water partition coefficient (Wildman–Crippen LogP) is 4.88. The molecule has 6 heteroatoms. The standard InChI is InChI=1S/C24H23ClO5/c1-3-11-29-24-15(25)12-14(13-20(24)28-4-2)21-22-16(26)7-5-9-18(22)30-19-10-6-8-17(27)23(19)21/h1,12-13,21H,4-11H2,2H3. The van der Waals surface area contributed by atoms with Gasteiger partial charge in [-0.3, -0.25) is 9.59 Å². The maximum absolute atomic E-state index is 12.9. The number of halogens is 1. The highest BCUT2D eigenvalue weighted by molar-refractivity contribution is 6.32. The SMILES string of the molecule is C#CCOc1c(Cl)cc(C2C3=C(CCCC3=O)OC3=C2C(=O)CCC3)cc1OCC. The molecule has 0 spiro atoms. The number of allylic oxidation sites excluding steroid dienone is 4. The molecule has 3 aliphatic rings. The van der Waals surface area contributed by atoms with Crippen LogP contribution in [0.5, 0.6) is 11.5 Å². The summed E-state index contributed by atoms with van der Waals surface area (Å²) in [6.07, 6.45) is 9.11. The molecule has 0 amide bonds. The fraction of sp³-hybridized carbons (Fsp3) is 0.417. The molecule has 0 saturated heterocycles. The quantitative estimate of drug-likeness (QED) is 0.628. The summed E-state index contributed by atoms with van der Waals surface area (Å²) in [5.74, 6) is 4.14. The smallest absolute Gasteiger partial charge is 0.181 e. The lowest BCUT2D eigenvalue weighted by Gasteiger charge is -2.36. The molecular formula is C24H23ClO5. The van der Waals surface area contributed by atoms with Crippen LogP contribution in [0.1, 0.15) is 56.9 Å². The first-order valence-corrected chi connectivity index (χ1v) is 10.7. The van der Waals surface area contributed by atoms with Gasteiger partial charge in [0, 0.05) is 42.7 Å². The van der Waals surface area contributed by atoms with E-state index in [1.807, 2.05) is 6.92 Å². The molecule has 1 heterocycles. The summed E-state index contributed by atoms with van der Waals surface area (Å²) in [6, 6.07) is 3.54. The van der Waals surface area contributed by atoms with Crippen LogP contribution < -0.4 is 9.47 Å². The molecule has 2 aliphatic carbocycles. The minimum atomic E-state index is -0.497. The summed E-state index contributed by atoms with van der Waals surface area (Å²) in [4.78, 5) is 25.8. The molecule has 1 aromatic rings. The zero-order valence-corrected chi connectivity index (χ0v) is 17.6. The van der Waals surface area contributed by atoms with Crippen LogP contribution in [0.3, 0.4) is 0 Å². The van der Waals surface area contributed by atoms with E-state index in [9.17, 15) is 9.59 Å². The number of carbonyl (C=O) groups is 2. The molecule has 156 valence electrons. The number of Topliss-reactive ketones (excluding diaryl/α,β-unsaturated/α-hetero) is 2. The maximum Gasteiger partial charge on any atom is 0.181 e. The van der Waals surface area contributed by atoms with E-state index in [-0.39, 0.29) is 18.2 Å². The molecule has 4 rings (SSSR count). The van der Waals surface area contributed by atoms with Crippen LogP contribution in [0, 0.1) is 12.3 Å². The van der Waals surface area contributed by atoms with Gasteiger partial charge in [0.25, 0.3) is 0 Å². The number of ketones is 2. The predicted molar refractivity (Wildman–Crippen MR) is 113 cm³/mol. The number of benzene rings is 1. The number of terminal acetylenes is 1. The van der Waals surface area contributed by atoms with Crippen molar-refractivity contribution < 1.29 is 23.8 Å². The minimum absolute atomic E-state index is 0.0212. The van der Waals surface area contributed by atoms with Crippen molar-refractivity contribution in [3.8, 4) is 23.8 Å². The van der Waals surface area contributed by atoms with E-state index in [1.165, 1.54) is 0 Å². The van der Waals surface area contributed by atoms with Gasteiger partial charge in [0.2, 0.25) is 0 Å². The van der Waals surface area contributed by atoms with Crippen molar-refractivity contribution in [1.82, 2.24) is 0 Å². The fourth-order valence-electron chi connectivity index (χ4n) is 4.42. The van der Waals surface area contributed by atoms with Crippen LogP contribution in [0.2, 0.25) is 5.02 Å². The number of hydrogen-bond acceptors (Lipinski definition) is 5. The van der Waals surface area contributed by atoms with E-state index in [4.69, 9.17) is 32.2 Å². The van der Waals surface area contributed by atoms with Crippen molar-refractivity contribution in [2.75, 3.05) is 13.2 Å². The van der Waals surface area contributed by atoms with E-state index in [2.05, 4.69) is 5.92 Å². The Morgan fingerprint density at radius 3 is 2.27 bits per heavy atom. The fourth-order valence-corrected chi connectivity index (χ4v) is 4.70. The lowest BCUT2D eigenvalue weighted by molar-refractivity contribution is -0.117. The van der Waals surface area contributed by atoms with Crippen molar-refractivity contribution in [1.29, 1.82) is 0 Å². The zero-order valence-electron chi connectivity index (χ0n) is 16.9. The van der Waals surface area contributed by atoms with Gasteiger partial charge in [0.15, 0.2) is 23.1 Å². The highest BCUT2D eigenvalue weighted by atomic mass is 35.5. The first-order valence-electron chi connectivity index (χ1n) is 10.3. The van der Waals surface area contributed by atoms with E-state index in [1.54, 1.807) is 12.1 Å². The Morgan fingerprint density at radius 1 is 1.07 bits per heavy atom. The molecule has 0 atom stereocenters. The molecule has 0 fully saturated rings. The van der Waals surface area contributed by atoms with Gasteiger partial charge in [0.1, 0.15) is 18.1 Å². The summed E-state index contributed by atoms with van der Waals surface area (Å²) < 4.78 is 17.4. The Kier molecular flexibility index (Phi) is 5.87. The summed E-state index contributed by atoms with van der Waals surface area (Å²) in [5, 5.41) is 0.327. The van der Waals surface area contributed by atoms with Crippen molar-refractivity contribution in [3.63, 3.8) is 0 Å². The second-order valence-corrected chi connectivity index (χ2v) is 7.93. The molecule has 0 aromatic heterocycles. The second kappa shape index (κ2) is 8.57. The summed E-state index contributed by atoms with van der Waals surface area (Å²) in [5.41, 5.74) is 1.88. The third kappa shape index (κ3) is 3.61. The van der Waals surface area contributed by atoms with Gasteiger partial charge in [-0.05, 0) is 37.5 Å². The molecule has 0 saturated carbocycles. The molecule has 0 N–H and O–H groups in total. The molecule has 5 nitrogen and oxygen atoms in total. The van der Waals surface area contributed by atoms with Gasteiger partial charge >= 0.3 is 0 Å². The van der Waals surface area contributed by atoms with E-state index in [0.29, 0.717) is 71.5 Å². The third-order valence-electron chi connectivity index (χ3n) is 5.61. The third-order valence-corrected chi connectivity index (χ3v) is 5.89. The first-order chi connectivity index (χ1) is 14.5. The zero-order chi connectivity index (χ0) is 21.3. The number of ether oxygens (including phenoxy) is 3. The van der Waals surface area contributed by atoms with Crippen molar-refractivity contribution in [2.24, 2.45) is 0 Å². The number of carbonyl (C=O) groups excluding carboxylic acids is 2. The van der Waals surface area contributed by atoms with Gasteiger partial charge in [-0.1, -0.05) is 17.5 Å². The van der Waals surface area contributed by atoms with E-state index in [0.717, 1.165) is 18.4 Å². The van der Waals surface area contributed by atoms with Crippen LogP contribution >= 0.6 is 11.6 Å². The second-order valence-electron chi connectivity index (χ2n) is 7.52. The molecule has 1 aliphatic heterocycles. The molecular weight excluding hydrogens is 404 g/mol. The number of rotatable bonds is 5. The molecule has 1 aromatic carbocycles. The van der Waals surface area contributed by atoms with Crippen molar-refractivity contribution in [2.45, 2.75) is 51.4 Å². The first kappa shape index (κ1) is 20.6. The highest BCUT2D eigenvalue weighted by Crippen LogP contribution is 2.50. The largest absolute Gasteiger partial charge is 0.490 e. The van der Waals surface area contributed by atoms with Crippen LogP contribution in [-0.4, -0.2) is 24.8 Å². The van der Waals surface area contributed by atoms with Gasteiger partial charge in [-0.25, -0.2) is 0 Å². The normalized spacial score (nSPS) is 19.1. The Balaban J connectivity index is 1.88. The van der Waals surface area contributed by atoms with Crippen LogP contribution in [-0.2, 0) is 14.3 Å². The minimum Gasteiger partial charge on any atom is -0.490 e. The topological polar surface area (TPSA) is 61.8 Å². The van der Waals surface area contributed by atoms with Gasteiger partial charge in [-0.15, -0.1) is 6.42 Å². The Bertz CT molecular complexity index is 969. The van der Waals surface area contributed by atoms with Crippen molar-refractivity contribution >= 4 is 23.2 Å². The summed E-state index contributed by atoms with van der Waals surface area (Å²) in [6.45, 7) is 2.31. The van der Waals surface area contributed by atoms with Crippen LogP contribution in [0.4, 0.5) is 0 Å². The van der Waals surface area contributed by atoms with Crippen LogP contribution in [0.15, 0.2) is 34.8 Å². The Morgan fingerprint density at radius 2 is 1.70 bits per heavy atom. The lowest BCUT2D eigenvalue weighted by Crippen LogP contribution is -2.30. The molecule has 0 radical (unpaired) electrons. The molecule has 30 heavy (non-hydrogen) atoms. The highest BCUT2D eigenvalue weighted by Gasteiger charge is 2.42. The van der Waals surface area contributed by atoms with E-state index < -0.39 is 5.92 Å². The monoisotopic (exact) mass is 426 g/mol. The van der Waals surface area contributed by atoms with Crippen molar-refractivity contribution in [3.05, 3.63) is 45.4 Å². The van der Waals surface area contributed by atoms with Gasteiger partial charge in [0.05, 0.1) is 11.6 Å². The molecule has 0 unspecified atom stereocenters. The van der Waals surface area contributed by atoms with Gasteiger partial charge < -0.3 is 14.2 Å². The number of hydrogen-bond donors (Lipinski definition) is 0. The average molecular weight is 427 g/mol. The van der Waals surface area contributed by atoms with Crippen LogP contribution in [0.25, 0.3) is 0 Å². The van der Waals surface area contributed by atoms with Gasteiger partial charge in [-0.2, -0.15) is 0 Å².